The molecule has 3 nitrogen and oxygen atoms in total. The highest BCUT2D eigenvalue weighted by Crippen LogP contribution is 2.42. The second kappa shape index (κ2) is 4.83. The summed E-state index contributed by atoms with van der Waals surface area (Å²) < 4.78 is 45.8. The van der Waals surface area contributed by atoms with Gasteiger partial charge in [0, 0.05) is 24.2 Å². The van der Waals surface area contributed by atoms with Crippen molar-refractivity contribution >= 4 is 11.0 Å². The number of ether oxygens (including phenoxy) is 1. The quantitative estimate of drug-likeness (QED) is 0.801. The first-order valence-corrected chi connectivity index (χ1v) is 7.08. The van der Waals surface area contributed by atoms with Gasteiger partial charge < -0.3 is 4.74 Å². The Kier molecular flexibility index (Phi) is 3.66. The fourth-order valence-electron chi connectivity index (χ4n) is 1.89. The number of nitrogens with zero attached hydrogens (tertiary/aromatic N) is 1. The standard InChI is InChI=1S/C13H17F2NO2S/c1-13(2,3)19(17)16-7-11(16)12-9(14)5-8(18-4)6-10(12)15/h5-6,11H,7H2,1-4H3. The lowest BCUT2D eigenvalue weighted by Crippen LogP contribution is -2.27. The van der Waals surface area contributed by atoms with Crippen LogP contribution in [-0.2, 0) is 11.0 Å². The third kappa shape index (κ3) is 2.79. The van der Waals surface area contributed by atoms with Gasteiger partial charge >= 0.3 is 0 Å². The maximum absolute atomic E-state index is 13.9. The fraction of sp³-hybridized carbons (Fsp3) is 0.538. The molecule has 0 saturated carbocycles. The van der Waals surface area contributed by atoms with Crippen molar-refractivity contribution in [1.29, 1.82) is 0 Å². The van der Waals surface area contributed by atoms with Gasteiger partial charge in [-0.15, -0.1) is 0 Å². The summed E-state index contributed by atoms with van der Waals surface area (Å²) in [6.07, 6.45) is 0. The largest absolute Gasteiger partial charge is 0.497 e. The molecule has 0 amide bonds. The summed E-state index contributed by atoms with van der Waals surface area (Å²) in [7, 11) is 0.0897. The molecule has 3 unspecified atom stereocenters. The van der Waals surface area contributed by atoms with E-state index in [0.717, 1.165) is 12.1 Å². The normalized spacial score (nSPS) is 24.1. The average molecular weight is 289 g/mol. The van der Waals surface area contributed by atoms with Crippen LogP contribution in [0.1, 0.15) is 32.4 Å². The smallest absolute Gasteiger partial charge is 0.134 e. The predicted molar refractivity (Wildman–Crippen MR) is 70.3 cm³/mol. The summed E-state index contributed by atoms with van der Waals surface area (Å²) in [5.41, 5.74) is -0.0293. The van der Waals surface area contributed by atoms with Crippen molar-refractivity contribution in [2.45, 2.75) is 31.6 Å². The van der Waals surface area contributed by atoms with Gasteiger partial charge in [0.2, 0.25) is 0 Å². The van der Waals surface area contributed by atoms with E-state index >= 15 is 0 Å². The number of hydrogen-bond donors (Lipinski definition) is 0. The molecular formula is C13H17F2NO2S. The lowest BCUT2D eigenvalue weighted by molar-refractivity contribution is 0.404. The molecule has 6 heteroatoms. The zero-order valence-electron chi connectivity index (χ0n) is 11.4. The maximum atomic E-state index is 13.9. The van der Waals surface area contributed by atoms with Gasteiger partial charge in [-0.05, 0) is 20.8 Å². The molecular weight excluding hydrogens is 272 g/mol. The summed E-state index contributed by atoms with van der Waals surface area (Å²) >= 11 is 0. The number of methoxy groups -OCH3 is 1. The molecule has 0 bridgehead atoms. The molecule has 1 heterocycles. The highest BCUT2D eigenvalue weighted by molar-refractivity contribution is 7.84. The minimum absolute atomic E-state index is 0.0293. The van der Waals surface area contributed by atoms with Gasteiger partial charge in [0.25, 0.3) is 0 Å². The SMILES string of the molecule is COc1cc(F)c(C2CN2S(=O)C(C)(C)C)c(F)c1. The van der Waals surface area contributed by atoms with Crippen molar-refractivity contribution in [3.8, 4) is 5.75 Å². The number of halogens is 2. The van der Waals surface area contributed by atoms with E-state index in [0.29, 0.717) is 6.54 Å². The van der Waals surface area contributed by atoms with E-state index in [9.17, 15) is 13.0 Å². The van der Waals surface area contributed by atoms with E-state index in [1.165, 1.54) is 7.11 Å². The van der Waals surface area contributed by atoms with Crippen LogP contribution < -0.4 is 4.74 Å². The van der Waals surface area contributed by atoms with E-state index in [1.54, 1.807) is 4.31 Å². The minimum Gasteiger partial charge on any atom is -0.497 e. The molecule has 2 rings (SSSR count). The first-order valence-electron chi connectivity index (χ1n) is 5.97. The minimum atomic E-state index is -1.26. The van der Waals surface area contributed by atoms with Crippen LogP contribution in [0.4, 0.5) is 8.78 Å². The summed E-state index contributed by atoms with van der Waals surface area (Å²) in [6.45, 7) is 5.90. The van der Waals surface area contributed by atoms with E-state index in [4.69, 9.17) is 4.74 Å². The molecule has 0 spiro atoms. The van der Waals surface area contributed by atoms with E-state index in [2.05, 4.69) is 0 Å². The Morgan fingerprint density at radius 3 is 2.26 bits per heavy atom. The molecule has 1 aliphatic rings. The summed E-state index contributed by atoms with van der Waals surface area (Å²) in [6, 6.07) is 1.84. The van der Waals surface area contributed by atoms with Crippen LogP contribution in [0, 0.1) is 11.6 Å². The summed E-state index contributed by atoms with van der Waals surface area (Å²) in [5.74, 6) is -1.17. The van der Waals surface area contributed by atoms with Crippen LogP contribution >= 0.6 is 0 Å². The molecule has 0 radical (unpaired) electrons. The highest BCUT2D eigenvalue weighted by Gasteiger charge is 2.46. The van der Waals surface area contributed by atoms with Gasteiger partial charge in [0.1, 0.15) is 28.4 Å². The van der Waals surface area contributed by atoms with Crippen LogP contribution in [0.15, 0.2) is 12.1 Å². The average Bonchev–Trinajstić information content (AvgIpc) is 3.05. The monoisotopic (exact) mass is 289 g/mol. The van der Waals surface area contributed by atoms with Gasteiger partial charge in [-0.3, -0.25) is 0 Å². The molecule has 1 fully saturated rings. The number of hydrogen-bond acceptors (Lipinski definition) is 2. The van der Waals surface area contributed by atoms with Crippen molar-refractivity contribution in [2.24, 2.45) is 0 Å². The molecule has 0 N–H and O–H groups in total. The Morgan fingerprint density at radius 1 is 1.32 bits per heavy atom. The van der Waals surface area contributed by atoms with E-state index < -0.39 is 33.4 Å². The Hall–Kier alpha value is -1.01. The van der Waals surface area contributed by atoms with Crippen LogP contribution in [0.25, 0.3) is 0 Å². The van der Waals surface area contributed by atoms with Crippen LogP contribution in [-0.4, -0.2) is 26.9 Å². The maximum Gasteiger partial charge on any atom is 0.134 e. The Bertz CT molecular complexity index is 505. The van der Waals surface area contributed by atoms with Crippen molar-refractivity contribution in [3.63, 3.8) is 0 Å². The van der Waals surface area contributed by atoms with E-state index in [1.807, 2.05) is 20.8 Å². The van der Waals surface area contributed by atoms with Gasteiger partial charge in [0.05, 0.1) is 17.9 Å². The molecule has 0 aliphatic carbocycles. The van der Waals surface area contributed by atoms with Gasteiger partial charge in [-0.25, -0.2) is 17.3 Å². The van der Waals surface area contributed by atoms with Gasteiger partial charge in [-0.2, -0.15) is 0 Å². The zero-order chi connectivity index (χ0) is 14.4. The Balaban J connectivity index is 2.25. The Labute approximate surface area is 114 Å². The van der Waals surface area contributed by atoms with E-state index in [-0.39, 0.29) is 11.3 Å². The molecule has 1 aliphatic heterocycles. The molecule has 106 valence electrons. The Morgan fingerprint density at radius 2 is 1.84 bits per heavy atom. The van der Waals surface area contributed by atoms with Crippen molar-refractivity contribution < 1.29 is 17.7 Å². The zero-order valence-corrected chi connectivity index (χ0v) is 12.2. The number of benzene rings is 1. The third-order valence-electron chi connectivity index (χ3n) is 2.93. The first kappa shape index (κ1) is 14.4. The molecule has 1 aromatic carbocycles. The second-order valence-corrected chi connectivity index (χ2v) is 7.67. The van der Waals surface area contributed by atoms with Gasteiger partial charge in [-0.1, -0.05) is 0 Å². The van der Waals surface area contributed by atoms with Crippen molar-refractivity contribution in [2.75, 3.05) is 13.7 Å². The van der Waals surface area contributed by atoms with Crippen LogP contribution in [0.2, 0.25) is 0 Å². The molecule has 0 aromatic heterocycles. The third-order valence-corrected chi connectivity index (χ3v) is 4.80. The fourth-order valence-corrected chi connectivity index (χ4v) is 3.21. The predicted octanol–water partition coefficient (Wildman–Crippen LogP) is 2.79. The first-order chi connectivity index (χ1) is 8.75. The lowest BCUT2D eigenvalue weighted by atomic mass is 10.1. The van der Waals surface area contributed by atoms with Crippen molar-refractivity contribution in [1.82, 2.24) is 4.31 Å². The molecule has 1 saturated heterocycles. The molecule has 3 atom stereocenters. The summed E-state index contributed by atoms with van der Waals surface area (Å²) in [5, 5.41) is 0. The molecule has 1 aromatic rings. The summed E-state index contributed by atoms with van der Waals surface area (Å²) in [4.78, 5) is 0. The molecule has 19 heavy (non-hydrogen) atoms. The highest BCUT2D eigenvalue weighted by atomic mass is 32.2. The topological polar surface area (TPSA) is 29.3 Å². The lowest BCUT2D eigenvalue weighted by Gasteiger charge is -2.18. The van der Waals surface area contributed by atoms with Crippen LogP contribution in [0.5, 0.6) is 5.75 Å². The van der Waals surface area contributed by atoms with Crippen molar-refractivity contribution in [3.05, 3.63) is 29.3 Å². The number of rotatable bonds is 3. The van der Waals surface area contributed by atoms with Crippen LogP contribution in [0.3, 0.4) is 0 Å². The van der Waals surface area contributed by atoms with Gasteiger partial charge in [0.15, 0.2) is 0 Å². The second-order valence-electron chi connectivity index (χ2n) is 5.48.